The Balaban J connectivity index is 1.93. The molecule has 4 nitrogen and oxygen atoms in total. The highest BCUT2D eigenvalue weighted by Crippen LogP contribution is 2.13. The third kappa shape index (κ3) is 4.45. The molecule has 4 heteroatoms. The Morgan fingerprint density at radius 3 is 2.36 bits per heavy atom. The zero-order valence-corrected chi connectivity index (χ0v) is 12.7. The van der Waals surface area contributed by atoms with Gasteiger partial charge in [-0.25, -0.2) is 19.4 Å². The molecular formula is C18H18O4. The Morgan fingerprint density at radius 1 is 0.955 bits per heavy atom. The number of benzene rings is 1. The number of carbonyl (C=O) groups is 2. The van der Waals surface area contributed by atoms with E-state index in [4.69, 9.17) is 0 Å². The predicted molar refractivity (Wildman–Crippen MR) is 82.9 cm³/mol. The van der Waals surface area contributed by atoms with Gasteiger partial charge in [0.05, 0.1) is 11.1 Å². The second kappa shape index (κ2) is 7.41. The molecule has 1 aromatic carbocycles. The molecule has 2 rings (SSSR count). The molecule has 0 heterocycles. The lowest BCUT2D eigenvalue weighted by Crippen LogP contribution is -2.13. The fraction of sp³-hybridized carbons (Fsp3) is 0.222. The second-order valence-electron chi connectivity index (χ2n) is 5.16. The first kappa shape index (κ1) is 15.8. The summed E-state index contributed by atoms with van der Waals surface area (Å²) in [5, 5.41) is 0. The Labute approximate surface area is 129 Å². The molecule has 0 saturated carbocycles. The van der Waals surface area contributed by atoms with Crippen LogP contribution in [0.25, 0.3) is 0 Å². The Bertz CT molecular complexity index is 648. The predicted octanol–water partition coefficient (Wildman–Crippen LogP) is 3.83. The van der Waals surface area contributed by atoms with Gasteiger partial charge in [0.15, 0.2) is 0 Å². The number of aryl methyl sites for hydroxylation is 1. The first-order valence-electron chi connectivity index (χ1n) is 7.08. The standard InChI is InChI=1S/C18H18O4/c1-13-5-3-7-15(8-4-6-13)17(19)21-22-18(20)16-11-9-14(2)10-12-16/h3,6-12H,4-5H2,1-2H3/b7-3-,13-6-,15-8+. The van der Waals surface area contributed by atoms with E-state index in [1.54, 1.807) is 36.4 Å². The number of hydrogen-bond donors (Lipinski definition) is 0. The molecule has 0 atom stereocenters. The van der Waals surface area contributed by atoms with Crippen LogP contribution in [0.4, 0.5) is 0 Å². The van der Waals surface area contributed by atoms with Crippen molar-refractivity contribution in [2.75, 3.05) is 0 Å². The SMILES string of the molecule is C/C1=C/C/C=C(C(=O)OOC(=O)c2ccc(C)cc2)\C=C/C1. The molecule has 0 saturated heterocycles. The van der Waals surface area contributed by atoms with E-state index < -0.39 is 11.9 Å². The summed E-state index contributed by atoms with van der Waals surface area (Å²) < 4.78 is 0. The van der Waals surface area contributed by atoms with Crippen molar-refractivity contribution in [1.82, 2.24) is 0 Å². The van der Waals surface area contributed by atoms with E-state index in [9.17, 15) is 9.59 Å². The van der Waals surface area contributed by atoms with Gasteiger partial charge in [0, 0.05) is 0 Å². The fourth-order valence-electron chi connectivity index (χ4n) is 1.92. The van der Waals surface area contributed by atoms with Crippen molar-refractivity contribution in [2.24, 2.45) is 0 Å². The van der Waals surface area contributed by atoms with Crippen LogP contribution in [0.3, 0.4) is 0 Å². The highest BCUT2D eigenvalue weighted by atomic mass is 17.2. The Kier molecular flexibility index (Phi) is 5.31. The summed E-state index contributed by atoms with van der Waals surface area (Å²) in [7, 11) is 0. The molecule has 114 valence electrons. The summed E-state index contributed by atoms with van der Waals surface area (Å²) in [5.41, 5.74) is 2.98. The van der Waals surface area contributed by atoms with Crippen molar-refractivity contribution in [2.45, 2.75) is 26.7 Å². The largest absolute Gasteiger partial charge is 0.386 e. The van der Waals surface area contributed by atoms with Crippen LogP contribution in [0.1, 0.15) is 35.7 Å². The first-order chi connectivity index (χ1) is 10.6. The van der Waals surface area contributed by atoms with Crippen LogP contribution < -0.4 is 0 Å². The van der Waals surface area contributed by atoms with Crippen molar-refractivity contribution < 1.29 is 19.4 Å². The van der Waals surface area contributed by atoms with Gasteiger partial charge in [-0.15, -0.1) is 0 Å². The average Bonchev–Trinajstić information content (AvgIpc) is 2.48. The molecule has 1 aliphatic rings. The molecule has 0 fully saturated rings. The van der Waals surface area contributed by atoms with Crippen LogP contribution in [0.15, 0.2) is 59.7 Å². The van der Waals surface area contributed by atoms with Gasteiger partial charge in [0.1, 0.15) is 0 Å². The summed E-state index contributed by atoms with van der Waals surface area (Å²) in [4.78, 5) is 32.9. The Hall–Kier alpha value is -2.62. The van der Waals surface area contributed by atoms with E-state index in [2.05, 4.69) is 9.78 Å². The highest BCUT2D eigenvalue weighted by Gasteiger charge is 2.14. The minimum Gasteiger partial charge on any atom is -0.242 e. The molecule has 0 aliphatic heterocycles. The summed E-state index contributed by atoms with van der Waals surface area (Å²) in [5.74, 6) is -1.37. The highest BCUT2D eigenvalue weighted by molar-refractivity contribution is 5.93. The van der Waals surface area contributed by atoms with Crippen LogP contribution in [0.2, 0.25) is 0 Å². The molecule has 0 radical (unpaired) electrons. The van der Waals surface area contributed by atoms with Crippen LogP contribution in [0.5, 0.6) is 0 Å². The van der Waals surface area contributed by atoms with E-state index in [1.165, 1.54) is 5.57 Å². The van der Waals surface area contributed by atoms with E-state index >= 15 is 0 Å². The number of rotatable bonds is 2. The topological polar surface area (TPSA) is 52.6 Å². The third-order valence-corrected chi connectivity index (χ3v) is 3.26. The molecular weight excluding hydrogens is 280 g/mol. The van der Waals surface area contributed by atoms with Gasteiger partial charge in [-0.3, -0.25) is 0 Å². The zero-order valence-electron chi connectivity index (χ0n) is 12.7. The molecule has 0 spiro atoms. The van der Waals surface area contributed by atoms with Crippen molar-refractivity contribution in [3.63, 3.8) is 0 Å². The van der Waals surface area contributed by atoms with Crippen LogP contribution >= 0.6 is 0 Å². The van der Waals surface area contributed by atoms with E-state index in [0.29, 0.717) is 17.6 Å². The average molecular weight is 298 g/mol. The fourth-order valence-corrected chi connectivity index (χ4v) is 1.92. The van der Waals surface area contributed by atoms with Crippen molar-refractivity contribution >= 4 is 11.9 Å². The van der Waals surface area contributed by atoms with Gasteiger partial charge >= 0.3 is 11.9 Å². The minimum atomic E-state index is -0.695. The zero-order chi connectivity index (χ0) is 15.9. The summed E-state index contributed by atoms with van der Waals surface area (Å²) in [6, 6.07) is 6.81. The molecule has 0 amide bonds. The lowest BCUT2D eigenvalue weighted by Gasteiger charge is -2.06. The normalized spacial score (nSPS) is 20.5. The van der Waals surface area contributed by atoms with Gasteiger partial charge in [0.25, 0.3) is 0 Å². The molecule has 0 bridgehead atoms. The van der Waals surface area contributed by atoms with Crippen molar-refractivity contribution in [1.29, 1.82) is 0 Å². The second-order valence-corrected chi connectivity index (χ2v) is 5.16. The van der Waals surface area contributed by atoms with E-state index in [1.807, 2.05) is 26.0 Å². The quantitative estimate of drug-likeness (QED) is 0.473. The van der Waals surface area contributed by atoms with Crippen LogP contribution in [0, 0.1) is 6.92 Å². The molecule has 1 aromatic rings. The minimum absolute atomic E-state index is 0.333. The molecule has 1 aliphatic carbocycles. The molecule has 0 N–H and O–H groups in total. The lowest BCUT2D eigenvalue weighted by molar-refractivity contribution is -0.229. The van der Waals surface area contributed by atoms with Crippen LogP contribution in [-0.4, -0.2) is 11.9 Å². The maximum Gasteiger partial charge on any atom is 0.386 e. The summed E-state index contributed by atoms with van der Waals surface area (Å²) in [6.07, 6.45) is 8.76. The molecule has 22 heavy (non-hydrogen) atoms. The van der Waals surface area contributed by atoms with Crippen molar-refractivity contribution in [3.05, 3.63) is 70.8 Å². The maximum atomic E-state index is 11.9. The number of allylic oxidation sites excluding steroid dienone is 4. The maximum absolute atomic E-state index is 11.9. The van der Waals surface area contributed by atoms with E-state index in [0.717, 1.165) is 12.0 Å². The van der Waals surface area contributed by atoms with E-state index in [-0.39, 0.29) is 0 Å². The van der Waals surface area contributed by atoms with Gasteiger partial charge in [0.2, 0.25) is 0 Å². The first-order valence-corrected chi connectivity index (χ1v) is 7.08. The van der Waals surface area contributed by atoms with Gasteiger partial charge in [-0.2, -0.15) is 0 Å². The van der Waals surface area contributed by atoms with Gasteiger partial charge in [-0.05, 0) is 38.8 Å². The monoisotopic (exact) mass is 298 g/mol. The third-order valence-electron chi connectivity index (χ3n) is 3.26. The molecule has 0 unspecified atom stereocenters. The lowest BCUT2D eigenvalue weighted by atomic mass is 10.1. The van der Waals surface area contributed by atoms with Crippen molar-refractivity contribution in [3.8, 4) is 0 Å². The van der Waals surface area contributed by atoms with Crippen LogP contribution in [-0.2, 0) is 14.6 Å². The number of carbonyl (C=O) groups excluding carboxylic acids is 2. The Morgan fingerprint density at radius 2 is 1.64 bits per heavy atom. The summed E-state index contributed by atoms with van der Waals surface area (Å²) in [6.45, 7) is 3.95. The summed E-state index contributed by atoms with van der Waals surface area (Å²) >= 11 is 0. The number of hydrogen-bond acceptors (Lipinski definition) is 4. The smallest absolute Gasteiger partial charge is 0.242 e. The van der Waals surface area contributed by atoms with Gasteiger partial charge < -0.3 is 0 Å². The molecule has 0 aromatic heterocycles. The van der Waals surface area contributed by atoms with Gasteiger partial charge in [-0.1, -0.05) is 47.6 Å².